The normalized spacial score (nSPS) is 10.4. The van der Waals surface area contributed by atoms with Crippen LogP contribution in [0.25, 0.3) is 11.3 Å². The van der Waals surface area contributed by atoms with Crippen LogP contribution in [0.2, 0.25) is 0 Å². The summed E-state index contributed by atoms with van der Waals surface area (Å²) in [5.74, 6) is -2.06. The van der Waals surface area contributed by atoms with E-state index < -0.39 is 24.0 Å². The predicted molar refractivity (Wildman–Crippen MR) is 101 cm³/mol. The van der Waals surface area contributed by atoms with Crippen LogP contribution >= 0.6 is 0 Å². The zero-order valence-corrected chi connectivity index (χ0v) is 15.4. The fourth-order valence-corrected chi connectivity index (χ4v) is 2.85. The average molecular weight is 394 g/mol. The van der Waals surface area contributed by atoms with E-state index in [1.807, 2.05) is 6.07 Å². The van der Waals surface area contributed by atoms with E-state index in [2.05, 4.69) is 4.98 Å². The van der Waals surface area contributed by atoms with Gasteiger partial charge < -0.3 is 9.84 Å². The van der Waals surface area contributed by atoms with Gasteiger partial charge in [0.2, 0.25) is 5.88 Å². The molecule has 0 bridgehead atoms. The molecule has 7 heteroatoms. The lowest BCUT2D eigenvalue weighted by Gasteiger charge is -2.11. The topological polar surface area (TPSA) is 83.2 Å². The van der Waals surface area contributed by atoms with Gasteiger partial charge in [0.05, 0.1) is 23.7 Å². The number of ether oxygens (including phenoxy) is 1. The molecule has 0 spiro atoms. The summed E-state index contributed by atoms with van der Waals surface area (Å²) in [4.78, 5) is 15.2. The number of nitrogens with zero attached hydrogens (tertiary/aromatic N) is 2. The van der Waals surface area contributed by atoms with Gasteiger partial charge in [0.1, 0.15) is 18.2 Å². The minimum atomic E-state index is -1.11. The van der Waals surface area contributed by atoms with E-state index in [1.54, 1.807) is 25.1 Å². The van der Waals surface area contributed by atoms with Gasteiger partial charge in [-0.3, -0.25) is 4.79 Å². The van der Waals surface area contributed by atoms with Crippen molar-refractivity contribution in [3.8, 4) is 23.2 Å². The first kappa shape index (κ1) is 20.0. The lowest BCUT2D eigenvalue weighted by Crippen LogP contribution is -2.04. The average Bonchev–Trinajstić information content (AvgIpc) is 2.69. The summed E-state index contributed by atoms with van der Waals surface area (Å²) >= 11 is 0. The molecule has 0 fully saturated rings. The van der Waals surface area contributed by atoms with E-state index in [0.29, 0.717) is 16.8 Å². The highest BCUT2D eigenvalue weighted by molar-refractivity contribution is 5.72. The maximum absolute atomic E-state index is 14.3. The molecule has 0 amide bonds. The molecule has 0 aliphatic heterocycles. The first-order chi connectivity index (χ1) is 13.9. The first-order valence-electron chi connectivity index (χ1n) is 8.67. The Labute approximate surface area is 165 Å². The fraction of sp³-hybridized carbons (Fsp3) is 0.136. The molecule has 0 radical (unpaired) electrons. The van der Waals surface area contributed by atoms with Crippen LogP contribution in [-0.2, 0) is 17.8 Å². The van der Waals surface area contributed by atoms with Gasteiger partial charge in [-0.15, -0.1) is 0 Å². The molecule has 0 aliphatic carbocycles. The highest BCUT2D eigenvalue weighted by atomic mass is 19.1. The van der Waals surface area contributed by atoms with Gasteiger partial charge in [0, 0.05) is 17.2 Å². The van der Waals surface area contributed by atoms with Crippen molar-refractivity contribution in [1.82, 2.24) is 4.98 Å². The highest BCUT2D eigenvalue weighted by Gasteiger charge is 2.13. The summed E-state index contributed by atoms with van der Waals surface area (Å²) in [5, 5.41) is 17.7. The molecule has 2 aromatic carbocycles. The van der Waals surface area contributed by atoms with E-state index in [9.17, 15) is 13.6 Å². The molecule has 0 aliphatic rings. The molecule has 1 aromatic heterocycles. The molecule has 3 aromatic rings. The van der Waals surface area contributed by atoms with Crippen LogP contribution in [-0.4, -0.2) is 16.1 Å². The Hall–Kier alpha value is -3.79. The molecule has 0 saturated heterocycles. The number of hydrogen-bond donors (Lipinski definition) is 1. The fourth-order valence-electron chi connectivity index (χ4n) is 2.85. The lowest BCUT2D eigenvalue weighted by atomic mass is 10.00. The Morgan fingerprint density at radius 2 is 1.90 bits per heavy atom. The third-order valence-electron chi connectivity index (χ3n) is 4.29. The number of aliphatic carboxylic acids is 1. The Bertz CT molecular complexity index is 1120. The Morgan fingerprint density at radius 3 is 2.59 bits per heavy atom. The molecule has 3 rings (SSSR count). The third-order valence-corrected chi connectivity index (χ3v) is 4.29. The SMILES string of the molecule is Cc1cc(CC(=O)O)c(F)cc1-c1cccc(OCc2ccc(C#N)cc2F)n1. The molecule has 0 saturated carbocycles. The quantitative estimate of drug-likeness (QED) is 0.669. The summed E-state index contributed by atoms with van der Waals surface area (Å²) in [6.45, 7) is 1.65. The number of pyridine rings is 1. The van der Waals surface area contributed by atoms with Crippen LogP contribution in [0.5, 0.6) is 5.88 Å². The number of hydrogen-bond acceptors (Lipinski definition) is 4. The Morgan fingerprint density at radius 1 is 1.14 bits per heavy atom. The summed E-state index contributed by atoms with van der Waals surface area (Å²) in [7, 11) is 0. The number of benzene rings is 2. The zero-order chi connectivity index (χ0) is 21.0. The second-order valence-electron chi connectivity index (χ2n) is 6.40. The van der Waals surface area contributed by atoms with Crippen molar-refractivity contribution >= 4 is 5.97 Å². The minimum absolute atomic E-state index is 0.0844. The van der Waals surface area contributed by atoms with Crippen LogP contribution in [0.3, 0.4) is 0 Å². The number of carboxylic acids is 1. The number of carboxylic acid groups (broad SMARTS) is 1. The Balaban J connectivity index is 1.82. The van der Waals surface area contributed by atoms with E-state index in [1.165, 1.54) is 24.3 Å². The lowest BCUT2D eigenvalue weighted by molar-refractivity contribution is -0.136. The van der Waals surface area contributed by atoms with Gasteiger partial charge in [-0.25, -0.2) is 13.8 Å². The monoisotopic (exact) mass is 394 g/mol. The first-order valence-corrected chi connectivity index (χ1v) is 8.67. The molecule has 1 heterocycles. The molecule has 1 N–H and O–H groups in total. The summed E-state index contributed by atoms with van der Waals surface area (Å²) in [6, 6.07) is 13.6. The van der Waals surface area contributed by atoms with Gasteiger partial charge in [0.25, 0.3) is 0 Å². The van der Waals surface area contributed by atoms with Gasteiger partial charge in [-0.1, -0.05) is 18.2 Å². The largest absolute Gasteiger partial charge is 0.481 e. The minimum Gasteiger partial charge on any atom is -0.481 e. The molecule has 0 unspecified atom stereocenters. The van der Waals surface area contributed by atoms with E-state index in [0.717, 1.165) is 6.07 Å². The van der Waals surface area contributed by atoms with Crippen LogP contribution in [0.15, 0.2) is 48.5 Å². The maximum Gasteiger partial charge on any atom is 0.307 e. The number of halogens is 2. The predicted octanol–water partition coefficient (Wildman–Crippen LogP) is 4.41. The van der Waals surface area contributed by atoms with Crippen LogP contribution in [0.4, 0.5) is 8.78 Å². The van der Waals surface area contributed by atoms with Crippen molar-refractivity contribution < 1.29 is 23.4 Å². The molecule has 5 nitrogen and oxygen atoms in total. The molecular formula is C22H16F2N2O3. The van der Waals surface area contributed by atoms with Crippen molar-refractivity contribution in [1.29, 1.82) is 5.26 Å². The standard InChI is InChI=1S/C22H16F2N2O3/c1-13-7-16(9-22(27)28)19(24)10-17(13)20-3-2-4-21(26-20)29-12-15-6-5-14(11-25)8-18(15)23/h2-8,10H,9,12H2,1H3,(H,27,28). The van der Waals surface area contributed by atoms with Crippen molar-refractivity contribution in [2.75, 3.05) is 0 Å². The number of carbonyl (C=O) groups is 1. The molecular weight excluding hydrogens is 378 g/mol. The van der Waals surface area contributed by atoms with Crippen molar-refractivity contribution in [3.05, 3.63) is 82.4 Å². The zero-order valence-electron chi connectivity index (χ0n) is 15.4. The molecule has 0 atom stereocenters. The van der Waals surface area contributed by atoms with E-state index in [4.69, 9.17) is 15.1 Å². The smallest absolute Gasteiger partial charge is 0.307 e. The van der Waals surface area contributed by atoms with Crippen LogP contribution < -0.4 is 4.74 Å². The summed E-state index contributed by atoms with van der Waals surface area (Å²) < 4.78 is 33.8. The van der Waals surface area contributed by atoms with Crippen LogP contribution in [0.1, 0.15) is 22.3 Å². The number of rotatable bonds is 6. The van der Waals surface area contributed by atoms with Gasteiger partial charge in [0.15, 0.2) is 0 Å². The second-order valence-corrected chi connectivity index (χ2v) is 6.40. The van der Waals surface area contributed by atoms with Crippen molar-refractivity contribution in [2.45, 2.75) is 20.0 Å². The van der Waals surface area contributed by atoms with E-state index in [-0.39, 0.29) is 29.2 Å². The number of aryl methyl sites for hydroxylation is 1. The molecule has 29 heavy (non-hydrogen) atoms. The van der Waals surface area contributed by atoms with Gasteiger partial charge in [-0.2, -0.15) is 5.26 Å². The summed E-state index contributed by atoms with van der Waals surface area (Å²) in [5.41, 5.74) is 2.22. The Kier molecular flexibility index (Phi) is 5.84. The van der Waals surface area contributed by atoms with E-state index >= 15 is 0 Å². The van der Waals surface area contributed by atoms with Gasteiger partial charge in [-0.05, 0) is 42.3 Å². The van der Waals surface area contributed by atoms with Crippen molar-refractivity contribution in [2.24, 2.45) is 0 Å². The maximum atomic E-state index is 14.3. The number of aromatic nitrogens is 1. The second kappa shape index (κ2) is 8.48. The van der Waals surface area contributed by atoms with Gasteiger partial charge >= 0.3 is 5.97 Å². The highest BCUT2D eigenvalue weighted by Crippen LogP contribution is 2.27. The summed E-state index contributed by atoms with van der Waals surface area (Å²) in [6.07, 6.45) is -0.403. The molecule has 146 valence electrons. The van der Waals surface area contributed by atoms with Crippen molar-refractivity contribution in [3.63, 3.8) is 0 Å². The van der Waals surface area contributed by atoms with Crippen LogP contribution in [0, 0.1) is 29.9 Å². The number of nitriles is 1. The third kappa shape index (κ3) is 4.74.